The lowest BCUT2D eigenvalue weighted by Crippen LogP contribution is -2.46. The zero-order valence-electron chi connectivity index (χ0n) is 13.1. The molecule has 3 N–H and O–H groups in total. The predicted molar refractivity (Wildman–Crippen MR) is 85.7 cm³/mol. The molecule has 1 aromatic carbocycles. The highest BCUT2D eigenvalue weighted by molar-refractivity contribution is 8.13. The maximum absolute atomic E-state index is 14.5. The molecule has 3 atom stereocenters. The van der Waals surface area contributed by atoms with Gasteiger partial charge in [-0.25, -0.2) is 9.38 Å². The molecule has 2 aliphatic rings. The highest BCUT2D eigenvalue weighted by Gasteiger charge is 2.61. The van der Waals surface area contributed by atoms with Gasteiger partial charge >= 0.3 is 6.18 Å². The van der Waals surface area contributed by atoms with Crippen LogP contribution in [0.3, 0.4) is 0 Å². The lowest BCUT2D eigenvalue weighted by atomic mass is 9.78. The summed E-state index contributed by atoms with van der Waals surface area (Å²) >= 11 is 0.984. The van der Waals surface area contributed by atoms with Crippen LogP contribution in [0.15, 0.2) is 23.2 Å². The fourth-order valence-corrected chi connectivity index (χ4v) is 4.26. The van der Waals surface area contributed by atoms with E-state index in [4.69, 9.17) is 10.5 Å². The zero-order valence-corrected chi connectivity index (χ0v) is 13.9. The summed E-state index contributed by atoms with van der Waals surface area (Å²) < 4.78 is 59.4. The van der Waals surface area contributed by atoms with Gasteiger partial charge in [0.15, 0.2) is 11.3 Å². The number of ether oxygens (including phenoxy) is 1. The van der Waals surface area contributed by atoms with Gasteiger partial charge in [0.05, 0.1) is 6.61 Å². The number of halogens is 4. The molecule has 2 heterocycles. The summed E-state index contributed by atoms with van der Waals surface area (Å²) in [6.07, 6.45) is -6.65. The van der Waals surface area contributed by atoms with Gasteiger partial charge in [0.2, 0.25) is 5.91 Å². The van der Waals surface area contributed by atoms with Crippen LogP contribution < -0.4 is 11.1 Å². The van der Waals surface area contributed by atoms with Crippen LogP contribution in [0.4, 0.5) is 23.2 Å². The summed E-state index contributed by atoms with van der Waals surface area (Å²) in [6.45, 7) is 0.833. The minimum Gasteiger partial charge on any atom is -0.379 e. The first-order valence-electron chi connectivity index (χ1n) is 7.37. The van der Waals surface area contributed by atoms with Crippen molar-refractivity contribution in [3.63, 3.8) is 0 Å². The van der Waals surface area contributed by atoms with Crippen LogP contribution in [0.5, 0.6) is 0 Å². The first-order chi connectivity index (χ1) is 11.6. The normalized spacial score (nSPS) is 29.1. The van der Waals surface area contributed by atoms with Crippen LogP contribution in [0, 0.1) is 11.7 Å². The molecule has 10 heteroatoms. The number of anilines is 1. The van der Waals surface area contributed by atoms with E-state index in [2.05, 4.69) is 10.3 Å². The number of alkyl halides is 3. The number of fused-ring (bicyclic) bond motifs is 1. The maximum atomic E-state index is 14.5. The van der Waals surface area contributed by atoms with Crippen molar-refractivity contribution in [1.82, 2.24) is 0 Å². The van der Waals surface area contributed by atoms with E-state index in [1.54, 1.807) is 0 Å². The van der Waals surface area contributed by atoms with Crippen LogP contribution in [0.2, 0.25) is 0 Å². The maximum Gasteiger partial charge on any atom is 0.415 e. The summed E-state index contributed by atoms with van der Waals surface area (Å²) in [5.74, 6) is -2.23. The molecular formula is C15H15F4N3O2S. The number of nitrogens with two attached hydrogens (primary N) is 1. The second kappa shape index (κ2) is 6.17. The molecule has 0 aliphatic carbocycles. The van der Waals surface area contributed by atoms with Gasteiger partial charge in [-0.3, -0.25) is 4.79 Å². The van der Waals surface area contributed by atoms with Crippen LogP contribution in [0.25, 0.3) is 0 Å². The highest BCUT2D eigenvalue weighted by atomic mass is 32.2. The number of benzene rings is 1. The summed E-state index contributed by atoms with van der Waals surface area (Å²) in [6, 6.07) is 3.70. The molecule has 136 valence electrons. The number of amides is 1. The minimum absolute atomic E-state index is 0.00329. The molecular weight excluding hydrogens is 362 g/mol. The van der Waals surface area contributed by atoms with Crippen molar-refractivity contribution in [2.75, 3.05) is 17.7 Å². The third-order valence-electron chi connectivity index (χ3n) is 4.26. The van der Waals surface area contributed by atoms with E-state index in [1.807, 2.05) is 0 Å². The fraction of sp³-hybridized carbons (Fsp3) is 0.467. The van der Waals surface area contributed by atoms with Gasteiger partial charge in [-0.2, -0.15) is 13.2 Å². The number of carbonyl (C=O) groups is 1. The van der Waals surface area contributed by atoms with E-state index >= 15 is 0 Å². The zero-order chi connectivity index (χ0) is 18.4. The van der Waals surface area contributed by atoms with Gasteiger partial charge in [-0.1, -0.05) is 11.8 Å². The monoisotopic (exact) mass is 377 g/mol. The molecule has 3 rings (SSSR count). The van der Waals surface area contributed by atoms with Gasteiger partial charge in [0.1, 0.15) is 11.4 Å². The van der Waals surface area contributed by atoms with Gasteiger partial charge in [-0.15, -0.1) is 0 Å². The number of nitrogens with zero attached hydrogens (tertiary/aromatic N) is 1. The Labute approximate surface area is 145 Å². The number of amidine groups is 1. The number of nitrogens with one attached hydrogen (secondary N) is 1. The molecule has 0 spiro atoms. The second-order valence-electron chi connectivity index (χ2n) is 5.94. The van der Waals surface area contributed by atoms with Crippen molar-refractivity contribution in [3.8, 4) is 0 Å². The van der Waals surface area contributed by atoms with Crippen LogP contribution in [-0.2, 0) is 15.1 Å². The summed E-state index contributed by atoms with van der Waals surface area (Å²) in [5, 5.41) is 2.56. The van der Waals surface area contributed by atoms with Crippen molar-refractivity contribution in [2.45, 2.75) is 24.7 Å². The van der Waals surface area contributed by atoms with Gasteiger partial charge in [0, 0.05) is 29.8 Å². The number of thioether (sulfide) groups is 1. The number of aliphatic imine (C=N–C) groups is 1. The molecule has 0 radical (unpaired) electrons. The molecule has 0 aromatic heterocycles. The summed E-state index contributed by atoms with van der Waals surface area (Å²) in [5.41, 5.74) is 4.34. The first-order valence-corrected chi connectivity index (χ1v) is 8.36. The fourth-order valence-electron chi connectivity index (χ4n) is 3.23. The Morgan fingerprint density at radius 3 is 2.84 bits per heavy atom. The topological polar surface area (TPSA) is 76.7 Å². The number of hydrogen-bond acceptors (Lipinski definition) is 5. The molecule has 25 heavy (non-hydrogen) atoms. The van der Waals surface area contributed by atoms with Crippen LogP contribution >= 0.6 is 11.8 Å². The predicted octanol–water partition coefficient (Wildman–Crippen LogP) is 2.62. The van der Waals surface area contributed by atoms with Gasteiger partial charge in [-0.05, 0) is 18.2 Å². The molecule has 1 amide bonds. The van der Waals surface area contributed by atoms with Gasteiger partial charge < -0.3 is 15.8 Å². The quantitative estimate of drug-likeness (QED) is 0.777. The molecule has 0 unspecified atom stereocenters. The van der Waals surface area contributed by atoms with E-state index in [0.29, 0.717) is 0 Å². The molecule has 2 aliphatic heterocycles. The average Bonchev–Trinajstić information content (AvgIpc) is 2.88. The molecule has 1 aromatic rings. The Bertz CT molecular complexity index is 740. The van der Waals surface area contributed by atoms with E-state index in [1.165, 1.54) is 19.1 Å². The van der Waals surface area contributed by atoms with E-state index in [-0.39, 0.29) is 28.1 Å². The second-order valence-corrected chi connectivity index (χ2v) is 6.98. The molecule has 1 saturated heterocycles. The smallest absolute Gasteiger partial charge is 0.379 e. The Morgan fingerprint density at radius 1 is 1.48 bits per heavy atom. The van der Waals surface area contributed by atoms with E-state index < -0.39 is 36.2 Å². The molecule has 0 saturated carbocycles. The highest BCUT2D eigenvalue weighted by Crippen LogP contribution is 2.51. The van der Waals surface area contributed by atoms with Crippen LogP contribution in [0.1, 0.15) is 12.5 Å². The largest absolute Gasteiger partial charge is 0.415 e. The van der Waals surface area contributed by atoms with Crippen molar-refractivity contribution in [1.29, 1.82) is 0 Å². The number of carbonyl (C=O) groups excluding carboxylic acids is 1. The molecule has 1 fully saturated rings. The van der Waals surface area contributed by atoms with Crippen molar-refractivity contribution >= 4 is 28.5 Å². The third kappa shape index (κ3) is 3.20. The summed E-state index contributed by atoms with van der Waals surface area (Å²) in [4.78, 5) is 15.4. The Balaban J connectivity index is 2.12. The van der Waals surface area contributed by atoms with Crippen molar-refractivity contribution in [2.24, 2.45) is 16.6 Å². The molecule has 0 bridgehead atoms. The van der Waals surface area contributed by atoms with Crippen molar-refractivity contribution < 1.29 is 27.1 Å². The average molecular weight is 377 g/mol. The Kier molecular flexibility index (Phi) is 4.44. The molecule has 5 nitrogen and oxygen atoms in total. The third-order valence-corrected chi connectivity index (χ3v) is 5.17. The Morgan fingerprint density at radius 2 is 2.20 bits per heavy atom. The van der Waals surface area contributed by atoms with E-state index in [9.17, 15) is 22.4 Å². The first kappa shape index (κ1) is 18.0. The van der Waals surface area contributed by atoms with Crippen LogP contribution in [-0.4, -0.2) is 35.7 Å². The van der Waals surface area contributed by atoms with Crippen molar-refractivity contribution in [3.05, 3.63) is 29.6 Å². The number of rotatable bonds is 2. The van der Waals surface area contributed by atoms with E-state index in [0.717, 1.165) is 17.8 Å². The SMILES string of the molecule is CC(=O)Nc1ccc(F)c([C@]23CO[C@H](C(F)(F)F)[C@H]2CSC(N)=N3)c1. The lowest BCUT2D eigenvalue weighted by molar-refractivity contribution is -0.215. The standard InChI is InChI=1S/C15H15F4N3O2S/c1-7(23)21-8-2-3-11(16)9(4-8)14-6-24-12(15(17,18)19)10(14)5-25-13(20)22-14/h2-4,10,12H,5-6H2,1H3,(H2,20,22)(H,21,23)/t10-,12+,14-/m1/s1. The minimum atomic E-state index is -4.60. The summed E-state index contributed by atoms with van der Waals surface area (Å²) in [7, 11) is 0. The van der Waals surface area contributed by atoms with Gasteiger partial charge in [0.25, 0.3) is 0 Å². The number of hydrogen-bond donors (Lipinski definition) is 2. The lowest BCUT2D eigenvalue weighted by Gasteiger charge is -2.36. The Hall–Kier alpha value is -1.81.